The highest BCUT2D eigenvalue weighted by Crippen LogP contribution is 2.30. The maximum Gasteiger partial charge on any atom is 0.325 e. The second kappa shape index (κ2) is 8.32. The SMILES string of the molecule is Cc1ccc(C2(C)NC(=O)N(CC(=O)N3CC[C@@H]4CNC[C@@H]4CC3)C2=O)cc1.Cl. The molecule has 0 saturated carbocycles. The number of benzene rings is 1. The predicted molar refractivity (Wildman–Crippen MR) is 112 cm³/mol. The molecule has 0 aliphatic carbocycles. The first-order valence-corrected chi connectivity index (χ1v) is 10.1. The van der Waals surface area contributed by atoms with E-state index in [1.807, 2.05) is 36.1 Å². The van der Waals surface area contributed by atoms with Gasteiger partial charge in [-0.3, -0.25) is 14.5 Å². The van der Waals surface area contributed by atoms with Gasteiger partial charge in [0.25, 0.3) is 5.91 Å². The van der Waals surface area contributed by atoms with Gasteiger partial charge in [0.2, 0.25) is 5.91 Å². The minimum atomic E-state index is -1.13. The fraction of sp³-hybridized carbons (Fsp3) is 0.571. The second-order valence-electron chi connectivity index (χ2n) is 8.45. The highest BCUT2D eigenvalue weighted by molar-refractivity contribution is 6.09. The molecule has 2 N–H and O–H groups in total. The van der Waals surface area contributed by atoms with Crippen molar-refractivity contribution in [2.75, 3.05) is 32.7 Å². The average Bonchev–Trinajstić information content (AvgIpc) is 3.13. The number of imide groups is 1. The summed E-state index contributed by atoms with van der Waals surface area (Å²) in [5.74, 6) is 0.730. The van der Waals surface area contributed by atoms with Gasteiger partial charge in [0, 0.05) is 13.1 Å². The Morgan fingerprint density at radius 3 is 2.28 bits per heavy atom. The zero-order valence-corrected chi connectivity index (χ0v) is 17.8. The average molecular weight is 421 g/mol. The van der Waals surface area contributed by atoms with Crippen LogP contribution in [0.4, 0.5) is 4.79 Å². The molecule has 3 heterocycles. The van der Waals surface area contributed by atoms with E-state index in [-0.39, 0.29) is 30.8 Å². The number of carbonyl (C=O) groups excluding carboxylic acids is 3. The van der Waals surface area contributed by atoms with E-state index in [2.05, 4.69) is 10.6 Å². The highest BCUT2D eigenvalue weighted by atomic mass is 35.5. The van der Waals surface area contributed by atoms with E-state index < -0.39 is 11.6 Å². The fourth-order valence-electron chi connectivity index (χ4n) is 4.63. The van der Waals surface area contributed by atoms with Crippen LogP contribution in [0.15, 0.2) is 24.3 Å². The van der Waals surface area contributed by atoms with Crippen LogP contribution >= 0.6 is 12.4 Å². The van der Waals surface area contributed by atoms with E-state index in [1.54, 1.807) is 6.92 Å². The number of halogens is 1. The number of hydrogen-bond acceptors (Lipinski definition) is 4. The smallest absolute Gasteiger partial charge is 0.325 e. The van der Waals surface area contributed by atoms with Crippen molar-refractivity contribution >= 4 is 30.3 Å². The van der Waals surface area contributed by atoms with Gasteiger partial charge in [-0.25, -0.2) is 4.79 Å². The van der Waals surface area contributed by atoms with E-state index in [9.17, 15) is 14.4 Å². The molecule has 3 saturated heterocycles. The summed E-state index contributed by atoms with van der Waals surface area (Å²) >= 11 is 0. The first-order chi connectivity index (χ1) is 13.4. The molecule has 0 aromatic heterocycles. The van der Waals surface area contributed by atoms with Crippen molar-refractivity contribution in [2.24, 2.45) is 11.8 Å². The molecule has 1 unspecified atom stereocenters. The van der Waals surface area contributed by atoms with Gasteiger partial charge in [0.15, 0.2) is 0 Å². The third-order valence-electron chi connectivity index (χ3n) is 6.57. The van der Waals surface area contributed by atoms with Crippen molar-refractivity contribution in [3.63, 3.8) is 0 Å². The van der Waals surface area contributed by atoms with Crippen molar-refractivity contribution in [3.05, 3.63) is 35.4 Å². The lowest BCUT2D eigenvalue weighted by Crippen LogP contribution is -2.45. The van der Waals surface area contributed by atoms with Gasteiger partial charge in [0.05, 0.1) is 0 Å². The van der Waals surface area contributed by atoms with Crippen LogP contribution in [0.1, 0.15) is 30.9 Å². The molecule has 3 fully saturated rings. The van der Waals surface area contributed by atoms with E-state index >= 15 is 0 Å². The molecule has 0 spiro atoms. The summed E-state index contributed by atoms with van der Waals surface area (Å²) < 4.78 is 0. The molecule has 158 valence electrons. The first-order valence-electron chi connectivity index (χ1n) is 10.1. The molecule has 3 aliphatic rings. The molecule has 7 nitrogen and oxygen atoms in total. The third kappa shape index (κ3) is 3.98. The van der Waals surface area contributed by atoms with Gasteiger partial charge in [-0.15, -0.1) is 12.4 Å². The summed E-state index contributed by atoms with van der Waals surface area (Å²) in [5, 5.41) is 6.20. The number of fused-ring (bicyclic) bond motifs is 1. The van der Waals surface area contributed by atoms with Crippen LogP contribution in [0, 0.1) is 18.8 Å². The Morgan fingerprint density at radius 1 is 1.10 bits per heavy atom. The number of nitrogens with one attached hydrogen (secondary N) is 2. The summed E-state index contributed by atoms with van der Waals surface area (Å²) in [7, 11) is 0. The second-order valence-corrected chi connectivity index (χ2v) is 8.45. The lowest BCUT2D eigenvalue weighted by atomic mass is 9.91. The van der Waals surface area contributed by atoms with Gasteiger partial charge in [-0.05, 0) is 57.2 Å². The third-order valence-corrected chi connectivity index (χ3v) is 6.57. The van der Waals surface area contributed by atoms with E-state index in [0.29, 0.717) is 24.9 Å². The number of amides is 4. The number of hydrogen-bond donors (Lipinski definition) is 2. The number of likely N-dealkylation sites (tertiary alicyclic amines) is 1. The minimum absolute atomic E-state index is 0. The predicted octanol–water partition coefficient (Wildman–Crippen LogP) is 1.64. The summed E-state index contributed by atoms with van der Waals surface area (Å²) in [6.07, 6.45) is 1.95. The summed E-state index contributed by atoms with van der Waals surface area (Å²) in [6.45, 7) is 6.91. The fourth-order valence-corrected chi connectivity index (χ4v) is 4.63. The Kier molecular flexibility index (Phi) is 6.19. The Bertz CT molecular complexity index is 786. The molecule has 1 aromatic carbocycles. The zero-order chi connectivity index (χ0) is 19.9. The quantitative estimate of drug-likeness (QED) is 0.728. The Hall–Kier alpha value is -2.12. The minimum Gasteiger partial charge on any atom is -0.341 e. The molecule has 3 atom stereocenters. The van der Waals surface area contributed by atoms with Crippen LogP contribution in [-0.4, -0.2) is 60.4 Å². The molecule has 4 rings (SSSR count). The van der Waals surface area contributed by atoms with Gasteiger partial charge in [-0.1, -0.05) is 29.8 Å². The number of rotatable bonds is 3. The van der Waals surface area contributed by atoms with E-state index in [0.717, 1.165) is 42.0 Å². The molecule has 29 heavy (non-hydrogen) atoms. The lowest BCUT2D eigenvalue weighted by molar-refractivity contribution is -0.138. The Morgan fingerprint density at radius 2 is 1.69 bits per heavy atom. The molecule has 4 amide bonds. The van der Waals surface area contributed by atoms with Crippen LogP contribution < -0.4 is 10.6 Å². The molecule has 0 bridgehead atoms. The Labute approximate surface area is 177 Å². The van der Waals surface area contributed by atoms with E-state index in [1.165, 1.54) is 0 Å². The number of urea groups is 1. The largest absolute Gasteiger partial charge is 0.341 e. The molecular weight excluding hydrogens is 392 g/mol. The maximum atomic E-state index is 13.0. The standard InChI is InChI=1S/C21H28N4O3.ClH/c1-14-3-5-17(6-4-14)21(2)19(27)25(20(28)23-21)13-18(26)24-9-7-15-11-22-12-16(15)8-10-24;/h3-6,15-16,22H,7-13H2,1-2H3,(H,23,28);1H/t15-,16+,21?;. The van der Waals surface area contributed by atoms with Gasteiger partial charge < -0.3 is 15.5 Å². The van der Waals surface area contributed by atoms with Crippen molar-refractivity contribution in [1.29, 1.82) is 0 Å². The Balaban J connectivity index is 0.00000240. The molecule has 1 aromatic rings. The van der Waals surface area contributed by atoms with Crippen LogP contribution in [0.3, 0.4) is 0 Å². The molecule has 3 aliphatic heterocycles. The topological polar surface area (TPSA) is 81.8 Å². The van der Waals surface area contributed by atoms with E-state index in [4.69, 9.17) is 0 Å². The number of aryl methyl sites for hydroxylation is 1. The molecule has 8 heteroatoms. The summed E-state index contributed by atoms with van der Waals surface area (Å²) in [5.41, 5.74) is 0.672. The highest BCUT2D eigenvalue weighted by Gasteiger charge is 2.49. The lowest BCUT2D eigenvalue weighted by Gasteiger charge is -2.24. The van der Waals surface area contributed by atoms with Crippen molar-refractivity contribution in [2.45, 2.75) is 32.2 Å². The first kappa shape index (κ1) is 21.6. The summed E-state index contributed by atoms with van der Waals surface area (Å²) in [4.78, 5) is 41.3. The molecule has 0 radical (unpaired) electrons. The monoisotopic (exact) mass is 420 g/mol. The van der Waals surface area contributed by atoms with Crippen molar-refractivity contribution in [3.8, 4) is 0 Å². The number of nitrogens with zero attached hydrogens (tertiary/aromatic N) is 2. The van der Waals surface area contributed by atoms with Crippen LogP contribution in [0.2, 0.25) is 0 Å². The number of carbonyl (C=O) groups is 3. The van der Waals surface area contributed by atoms with Crippen LogP contribution in [-0.2, 0) is 15.1 Å². The molecular formula is C21H29ClN4O3. The van der Waals surface area contributed by atoms with Gasteiger partial charge >= 0.3 is 6.03 Å². The zero-order valence-electron chi connectivity index (χ0n) is 16.9. The summed E-state index contributed by atoms with van der Waals surface area (Å²) in [6, 6.07) is 7.02. The van der Waals surface area contributed by atoms with Crippen LogP contribution in [0.25, 0.3) is 0 Å². The normalized spacial score (nSPS) is 29.2. The van der Waals surface area contributed by atoms with Crippen molar-refractivity contribution < 1.29 is 14.4 Å². The van der Waals surface area contributed by atoms with Gasteiger partial charge in [0.1, 0.15) is 12.1 Å². The maximum absolute atomic E-state index is 13.0. The van der Waals surface area contributed by atoms with Gasteiger partial charge in [-0.2, -0.15) is 0 Å². The van der Waals surface area contributed by atoms with Crippen molar-refractivity contribution in [1.82, 2.24) is 20.4 Å². The van der Waals surface area contributed by atoms with Crippen LogP contribution in [0.5, 0.6) is 0 Å².